The fourth-order valence-corrected chi connectivity index (χ4v) is 2.80. The molecule has 0 fully saturated rings. The molecule has 2 heterocycles. The van der Waals surface area contributed by atoms with Crippen molar-refractivity contribution >= 4 is 17.6 Å². The second-order valence-electron chi connectivity index (χ2n) is 5.90. The highest BCUT2D eigenvalue weighted by molar-refractivity contribution is 6.30. The number of nitrogens with one attached hydrogen (secondary N) is 2. The minimum absolute atomic E-state index is 0.0603. The molecule has 2 aromatic carbocycles. The van der Waals surface area contributed by atoms with E-state index in [-0.39, 0.29) is 29.9 Å². The maximum atomic E-state index is 13.6. The Labute approximate surface area is 161 Å². The van der Waals surface area contributed by atoms with Gasteiger partial charge in [0, 0.05) is 17.6 Å². The van der Waals surface area contributed by atoms with Gasteiger partial charge in [-0.05, 0) is 29.8 Å². The van der Waals surface area contributed by atoms with Gasteiger partial charge in [-0.25, -0.2) is 4.79 Å². The van der Waals surface area contributed by atoms with Crippen LogP contribution >= 0.6 is 11.6 Å². The van der Waals surface area contributed by atoms with Crippen LogP contribution in [-0.4, -0.2) is 24.9 Å². The zero-order chi connectivity index (χ0) is 19.9. The van der Waals surface area contributed by atoms with E-state index in [1.807, 2.05) is 0 Å². The molecular formula is C17H12ClF3N2O5. The number of carbonyl (C=O) groups is 1. The van der Waals surface area contributed by atoms with E-state index in [0.29, 0.717) is 17.1 Å². The van der Waals surface area contributed by atoms with Crippen molar-refractivity contribution in [2.45, 2.75) is 18.6 Å². The van der Waals surface area contributed by atoms with Crippen LogP contribution < -0.4 is 29.6 Å². The molecular weight excluding hydrogens is 405 g/mol. The van der Waals surface area contributed by atoms with Crippen molar-refractivity contribution in [3.05, 3.63) is 47.0 Å². The Hall–Kier alpha value is -3.01. The number of hydrogen-bond acceptors (Lipinski definition) is 5. The molecule has 7 nitrogen and oxygen atoms in total. The number of urea groups is 1. The number of ether oxygens (including phenoxy) is 4. The van der Waals surface area contributed by atoms with Crippen molar-refractivity contribution < 1.29 is 36.9 Å². The first-order valence-corrected chi connectivity index (χ1v) is 8.32. The van der Waals surface area contributed by atoms with Gasteiger partial charge in [-0.3, -0.25) is 5.32 Å². The van der Waals surface area contributed by atoms with Gasteiger partial charge >= 0.3 is 18.1 Å². The topological polar surface area (TPSA) is 78.1 Å². The summed E-state index contributed by atoms with van der Waals surface area (Å²) < 4.78 is 60.9. The quantitative estimate of drug-likeness (QED) is 0.800. The summed E-state index contributed by atoms with van der Waals surface area (Å²) in [4.78, 5) is 12.1. The number of hydrogen-bond donors (Lipinski definition) is 2. The van der Waals surface area contributed by atoms with Crippen LogP contribution in [0.3, 0.4) is 0 Å². The molecule has 148 valence electrons. The molecule has 28 heavy (non-hydrogen) atoms. The van der Waals surface area contributed by atoms with Gasteiger partial charge in [-0.15, -0.1) is 0 Å². The first-order valence-electron chi connectivity index (χ1n) is 7.95. The second kappa shape index (κ2) is 6.55. The van der Waals surface area contributed by atoms with Crippen LogP contribution in [0.2, 0.25) is 5.02 Å². The summed E-state index contributed by atoms with van der Waals surface area (Å²) in [7, 11) is 0. The molecule has 0 saturated heterocycles. The standard InChI is InChI=1S/C17H12ClF3N2O5/c18-10-2-4-12-14(6-10)28-17(27-12,16(19,20)21)23-15(24)22-7-9-1-3-11-13(5-9)26-8-25-11/h1-6H,7-8H2,(H2,22,23,24). The smallest absolute Gasteiger partial charge is 0.454 e. The molecule has 2 aliphatic heterocycles. The van der Waals surface area contributed by atoms with Gasteiger partial charge in [-0.2, -0.15) is 13.2 Å². The minimum Gasteiger partial charge on any atom is -0.454 e. The van der Waals surface area contributed by atoms with E-state index in [4.69, 9.17) is 30.5 Å². The predicted molar refractivity (Wildman–Crippen MR) is 89.4 cm³/mol. The van der Waals surface area contributed by atoms with Crippen LogP contribution in [0, 0.1) is 0 Å². The number of benzene rings is 2. The summed E-state index contributed by atoms with van der Waals surface area (Å²) in [6, 6.07) is 7.48. The lowest BCUT2D eigenvalue weighted by atomic mass is 10.2. The van der Waals surface area contributed by atoms with E-state index in [1.54, 1.807) is 23.5 Å². The molecule has 11 heteroatoms. The van der Waals surface area contributed by atoms with Crippen molar-refractivity contribution in [1.29, 1.82) is 0 Å². The Kier molecular flexibility index (Phi) is 4.30. The highest BCUT2D eigenvalue weighted by Crippen LogP contribution is 2.46. The maximum absolute atomic E-state index is 13.6. The first-order chi connectivity index (χ1) is 13.3. The van der Waals surface area contributed by atoms with Crippen LogP contribution in [-0.2, 0) is 6.54 Å². The fraction of sp³-hybridized carbons (Fsp3) is 0.235. The van der Waals surface area contributed by atoms with Crippen molar-refractivity contribution in [2.75, 3.05) is 6.79 Å². The maximum Gasteiger partial charge on any atom is 0.492 e. The third kappa shape index (κ3) is 3.31. The number of halogens is 4. The van der Waals surface area contributed by atoms with E-state index >= 15 is 0 Å². The largest absolute Gasteiger partial charge is 0.492 e. The SMILES string of the molecule is O=C(NCc1ccc2c(c1)OCO2)NC1(C(F)(F)F)Oc2ccc(Cl)cc2O1. The van der Waals surface area contributed by atoms with Gasteiger partial charge in [-0.1, -0.05) is 17.7 Å². The molecule has 0 aromatic heterocycles. The molecule has 1 unspecified atom stereocenters. The Morgan fingerprint density at radius 3 is 2.54 bits per heavy atom. The molecule has 1 atom stereocenters. The lowest BCUT2D eigenvalue weighted by molar-refractivity contribution is -0.317. The molecule has 0 radical (unpaired) electrons. The Morgan fingerprint density at radius 1 is 1.04 bits per heavy atom. The summed E-state index contributed by atoms with van der Waals surface area (Å²) in [5, 5.41) is 4.18. The van der Waals surface area contributed by atoms with Crippen LogP contribution in [0.4, 0.5) is 18.0 Å². The number of fused-ring (bicyclic) bond motifs is 2. The van der Waals surface area contributed by atoms with E-state index in [2.05, 4.69) is 5.32 Å². The molecule has 0 spiro atoms. The highest BCUT2D eigenvalue weighted by Gasteiger charge is 2.65. The second-order valence-corrected chi connectivity index (χ2v) is 6.34. The number of rotatable bonds is 3. The molecule has 2 aliphatic rings. The molecule has 2 N–H and O–H groups in total. The molecule has 4 rings (SSSR count). The van der Waals surface area contributed by atoms with Crippen molar-refractivity contribution in [3.63, 3.8) is 0 Å². The summed E-state index contributed by atoms with van der Waals surface area (Å²) in [6.45, 7) is 0.0231. The predicted octanol–water partition coefficient (Wildman–Crippen LogP) is 3.56. The third-order valence-corrected chi connectivity index (χ3v) is 4.19. The normalized spacial score (nSPS) is 19.4. The summed E-state index contributed by atoms with van der Waals surface area (Å²) in [5.74, 6) is -2.76. The van der Waals surface area contributed by atoms with Crippen LogP contribution in [0.25, 0.3) is 0 Å². The summed E-state index contributed by atoms with van der Waals surface area (Å²) >= 11 is 5.76. The van der Waals surface area contributed by atoms with E-state index < -0.39 is 18.1 Å². The van der Waals surface area contributed by atoms with Crippen LogP contribution in [0.1, 0.15) is 5.56 Å². The molecule has 2 amide bonds. The van der Waals surface area contributed by atoms with Crippen LogP contribution in [0.5, 0.6) is 23.0 Å². The molecule has 0 saturated carbocycles. The van der Waals surface area contributed by atoms with Gasteiger partial charge in [0.05, 0.1) is 0 Å². The monoisotopic (exact) mass is 416 g/mol. The Bertz CT molecular complexity index is 939. The average Bonchev–Trinajstić information content (AvgIpc) is 3.23. The lowest BCUT2D eigenvalue weighted by Gasteiger charge is -2.29. The van der Waals surface area contributed by atoms with Crippen molar-refractivity contribution in [1.82, 2.24) is 10.6 Å². The highest BCUT2D eigenvalue weighted by atomic mass is 35.5. The summed E-state index contributed by atoms with van der Waals surface area (Å²) in [5.41, 5.74) is 0.601. The summed E-state index contributed by atoms with van der Waals surface area (Å²) in [6.07, 6.45) is -5.06. The van der Waals surface area contributed by atoms with Gasteiger partial charge in [0.1, 0.15) is 0 Å². The Balaban J connectivity index is 1.45. The average molecular weight is 417 g/mol. The zero-order valence-corrected chi connectivity index (χ0v) is 14.7. The minimum atomic E-state index is -5.06. The van der Waals surface area contributed by atoms with Gasteiger partial charge in [0.15, 0.2) is 23.0 Å². The Morgan fingerprint density at radius 2 is 1.75 bits per heavy atom. The molecule has 0 bridgehead atoms. The van der Waals surface area contributed by atoms with Gasteiger partial charge < -0.3 is 24.3 Å². The van der Waals surface area contributed by atoms with Gasteiger partial charge in [0.25, 0.3) is 0 Å². The first kappa shape index (κ1) is 18.4. The van der Waals surface area contributed by atoms with Gasteiger partial charge in [0.2, 0.25) is 6.79 Å². The van der Waals surface area contributed by atoms with Crippen LogP contribution in [0.15, 0.2) is 36.4 Å². The third-order valence-electron chi connectivity index (χ3n) is 3.95. The zero-order valence-electron chi connectivity index (χ0n) is 13.9. The molecule has 0 aliphatic carbocycles. The number of amides is 2. The fourth-order valence-electron chi connectivity index (χ4n) is 2.64. The lowest BCUT2D eigenvalue weighted by Crippen LogP contribution is -2.66. The van der Waals surface area contributed by atoms with E-state index in [9.17, 15) is 18.0 Å². The number of alkyl halides is 3. The number of carbonyl (C=O) groups excluding carboxylic acids is 1. The van der Waals surface area contributed by atoms with E-state index in [1.165, 1.54) is 12.1 Å². The van der Waals surface area contributed by atoms with Crippen molar-refractivity contribution in [3.8, 4) is 23.0 Å². The molecule has 2 aromatic rings. The van der Waals surface area contributed by atoms with E-state index in [0.717, 1.165) is 6.07 Å². The van der Waals surface area contributed by atoms with Crippen molar-refractivity contribution in [2.24, 2.45) is 0 Å².